The lowest BCUT2D eigenvalue weighted by atomic mass is 10.1. The third-order valence-electron chi connectivity index (χ3n) is 6.15. The van der Waals surface area contributed by atoms with Crippen molar-refractivity contribution < 1.29 is 32.2 Å². The van der Waals surface area contributed by atoms with Crippen molar-refractivity contribution in [3.05, 3.63) is 48.0 Å². The van der Waals surface area contributed by atoms with Crippen molar-refractivity contribution in [3.63, 3.8) is 0 Å². The molecule has 0 saturated carbocycles. The van der Waals surface area contributed by atoms with Gasteiger partial charge >= 0.3 is 0 Å². The van der Waals surface area contributed by atoms with Crippen LogP contribution in [0.25, 0.3) is 0 Å². The smallest absolute Gasteiger partial charge is 0.244 e. The zero-order valence-electron chi connectivity index (χ0n) is 21.9. The molecule has 1 N–H and O–H groups in total. The van der Waals surface area contributed by atoms with Gasteiger partial charge in [0.15, 0.2) is 11.5 Å². The van der Waals surface area contributed by atoms with Crippen LogP contribution < -0.4 is 23.8 Å². The number of carbonyl (C=O) groups is 2. The monoisotopic (exact) mass is 533 g/mol. The predicted octanol–water partition coefficient (Wildman–Crippen LogP) is 2.56. The molecule has 0 bridgehead atoms. The largest absolute Gasteiger partial charge is 0.497 e. The van der Waals surface area contributed by atoms with E-state index in [1.807, 2.05) is 19.9 Å². The van der Waals surface area contributed by atoms with E-state index in [0.717, 1.165) is 22.5 Å². The summed E-state index contributed by atoms with van der Waals surface area (Å²) in [5.74, 6) is 0.658. The van der Waals surface area contributed by atoms with Crippen LogP contribution in [0.1, 0.15) is 32.8 Å². The van der Waals surface area contributed by atoms with Crippen LogP contribution in [-0.4, -0.2) is 70.3 Å². The highest BCUT2D eigenvalue weighted by atomic mass is 32.2. The number of nitrogens with zero attached hydrogens (tertiary/aromatic N) is 2. The Hall–Kier alpha value is -3.47. The fraction of sp³-hybridized carbons (Fsp3) is 0.462. The van der Waals surface area contributed by atoms with Gasteiger partial charge in [0.2, 0.25) is 21.8 Å². The molecule has 2 amide bonds. The number of sulfonamides is 1. The average Bonchev–Trinajstić information content (AvgIpc) is 2.88. The Morgan fingerprint density at radius 1 is 1.08 bits per heavy atom. The van der Waals surface area contributed by atoms with Crippen LogP contribution in [0.2, 0.25) is 0 Å². The molecule has 0 saturated heterocycles. The molecule has 1 heterocycles. The number of hydrogen-bond acceptors (Lipinski definition) is 7. The van der Waals surface area contributed by atoms with Crippen LogP contribution in [0.4, 0.5) is 5.69 Å². The topological polar surface area (TPSA) is 114 Å². The summed E-state index contributed by atoms with van der Waals surface area (Å²) in [6, 6.07) is 10.9. The maximum Gasteiger partial charge on any atom is 0.244 e. The van der Waals surface area contributed by atoms with Crippen LogP contribution in [0.5, 0.6) is 17.2 Å². The summed E-state index contributed by atoms with van der Waals surface area (Å²) in [4.78, 5) is 28.0. The zero-order chi connectivity index (χ0) is 27.2. The van der Waals surface area contributed by atoms with Crippen molar-refractivity contribution in [1.29, 1.82) is 0 Å². The number of amides is 2. The molecule has 37 heavy (non-hydrogen) atoms. The highest BCUT2D eigenvalue weighted by Gasteiger charge is 2.31. The molecule has 0 spiro atoms. The Kier molecular flexibility index (Phi) is 9.25. The highest BCUT2D eigenvalue weighted by Crippen LogP contribution is 2.34. The summed E-state index contributed by atoms with van der Waals surface area (Å²) in [7, 11) is -2.31. The van der Waals surface area contributed by atoms with E-state index in [2.05, 4.69) is 5.32 Å². The van der Waals surface area contributed by atoms with Gasteiger partial charge < -0.3 is 24.4 Å². The lowest BCUT2D eigenvalue weighted by molar-refractivity contribution is -0.139. The van der Waals surface area contributed by atoms with Gasteiger partial charge in [-0.3, -0.25) is 13.9 Å². The maximum atomic E-state index is 13.7. The predicted molar refractivity (Wildman–Crippen MR) is 141 cm³/mol. The molecule has 1 aliphatic rings. The molecular weight excluding hydrogens is 498 g/mol. The van der Waals surface area contributed by atoms with Crippen molar-refractivity contribution in [1.82, 2.24) is 10.2 Å². The number of methoxy groups -OCH3 is 1. The lowest BCUT2D eigenvalue weighted by Gasteiger charge is -2.32. The molecule has 11 heteroatoms. The molecular formula is C26H35N3O7S. The number of anilines is 1. The Morgan fingerprint density at radius 3 is 2.43 bits per heavy atom. The van der Waals surface area contributed by atoms with Crippen LogP contribution in [-0.2, 0) is 26.2 Å². The fourth-order valence-corrected chi connectivity index (χ4v) is 4.66. The van der Waals surface area contributed by atoms with Crippen molar-refractivity contribution in [2.75, 3.05) is 37.4 Å². The molecule has 2 atom stereocenters. The Bertz CT molecular complexity index is 1220. The van der Waals surface area contributed by atoms with Crippen LogP contribution in [0.15, 0.2) is 42.5 Å². The van der Waals surface area contributed by atoms with Gasteiger partial charge in [0.05, 0.1) is 19.1 Å². The number of rotatable bonds is 11. The van der Waals surface area contributed by atoms with Gasteiger partial charge in [0, 0.05) is 18.7 Å². The van der Waals surface area contributed by atoms with E-state index in [0.29, 0.717) is 30.5 Å². The second kappa shape index (κ2) is 12.2. The Labute approximate surface area is 218 Å². The summed E-state index contributed by atoms with van der Waals surface area (Å²) in [5, 5.41) is 2.90. The first kappa shape index (κ1) is 28.1. The summed E-state index contributed by atoms with van der Waals surface area (Å²) < 4.78 is 43.0. The maximum absolute atomic E-state index is 13.7. The standard InChI is InChI=1S/C26H35N3O7S/c1-6-18(2)27-26(31)19(3)28(16-20-8-7-9-22(14-20)34-4)25(30)17-29(37(5,32)33)21-10-11-23-24(15-21)36-13-12-35-23/h7-11,14-15,18-19H,6,12-13,16-17H2,1-5H3,(H,27,31)/t18-,19-/m0/s1. The minimum Gasteiger partial charge on any atom is -0.497 e. The van der Waals surface area contributed by atoms with E-state index < -0.39 is 28.5 Å². The third kappa shape index (κ3) is 7.28. The third-order valence-corrected chi connectivity index (χ3v) is 7.29. The minimum absolute atomic E-state index is 0.0750. The first-order valence-corrected chi connectivity index (χ1v) is 14.0. The molecule has 0 fully saturated rings. The van der Waals surface area contributed by atoms with Crippen LogP contribution in [0, 0.1) is 0 Å². The number of nitrogens with one attached hydrogen (secondary N) is 1. The van der Waals surface area contributed by atoms with Crippen molar-refractivity contribution in [2.45, 2.75) is 45.8 Å². The lowest BCUT2D eigenvalue weighted by Crippen LogP contribution is -2.52. The molecule has 3 rings (SSSR count). The number of hydrogen-bond donors (Lipinski definition) is 1. The van der Waals surface area contributed by atoms with Gasteiger partial charge in [-0.05, 0) is 50.1 Å². The van der Waals surface area contributed by atoms with E-state index in [1.54, 1.807) is 44.4 Å². The second-order valence-electron chi connectivity index (χ2n) is 8.96. The normalized spacial score (nSPS) is 14.3. The Morgan fingerprint density at radius 2 is 1.78 bits per heavy atom. The molecule has 0 unspecified atom stereocenters. The zero-order valence-corrected chi connectivity index (χ0v) is 22.7. The molecule has 0 aliphatic carbocycles. The Balaban J connectivity index is 1.92. The summed E-state index contributed by atoms with van der Waals surface area (Å²) in [5.41, 5.74) is 0.999. The first-order valence-electron chi connectivity index (χ1n) is 12.1. The van der Waals surface area contributed by atoms with Crippen LogP contribution in [0.3, 0.4) is 0 Å². The van der Waals surface area contributed by atoms with Gasteiger partial charge in [-0.25, -0.2) is 8.42 Å². The number of carbonyl (C=O) groups excluding carboxylic acids is 2. The second-order valence-corrected chi connectivity index (χ2v) is 10.9. The quantitative estimate of drug-likeness (QED) is 0.472. The minimum atomic E-state index is -3.86. The van der Waals surface area contributed by atoms with E-state index in [-0.39, 0.29) is 24.2 Å². The van der Waals surface area contributed by atoms with Gasteiger partial charge in [0.1, 0.15) is 31.5 Å². The van der Waals surface area contributed by atoms with Gasteiger partial charge in [-0.1, -0.05) is 19.1 Å². The number of fused-ring (bicyclic) bond motifs is 1. The first-order chi connectivity index (χ1) is 17.5. The summed E-state index contributed by atoms with van der Waals surface area (Å²) >= 11 is 0. The molecule has 2 aromatic rings. The number of benzene rings is 2. The molecule has 202 valence electrons. The SMILES string of the molecule is CC[C@H](C)NC(=O)[C@H](C)N(Cc1cccc(OC)c1)C(=O)CN(c1ccc2c(c1)OCCO2)S(C)(=O)=O. The summed E-state index contributed by atoms with van der Waals surface area (Å²) in [6.45, 7) is 5.79. The van der Waals surface area contributed by atoms with Gasteiger partial charge in [-0.2, -0.15) is 0 Å². The molecule has 2 aromatic carbocycles. The number of ether oxygens (including phenoxy) is 3. The molecule has 0 radical (unpaired) electrons. The van der Waals surface area contributed by atoms with E-state index in [9.17, 15) is 18.0 Å². The van der Waals surface area contributed by atoms with Gasteiger partial charge in [-0.15, -0.1) is 0 Å². The van der Waals surface area contributed by atoms with Crippen molar-refractivity contribution >= 4 is 27.5 Å². The average molecular weight is 534 g/mol. The van der Waals surface area contributed by atoms with E-state index >= 15 is 0 Å². The molecule has 1 aliphatic heterocycles. The van der Waals surface area contributed by atoms with E-state index in [4.69, 9.17) is 14.2 Å². The highest BCUT2D eigenvalue weighted by molar-refractivity contribution is 7.92. The van der Waals surface area contributed by atoms with Crippen molar-refractivity contribution in [2.24, 2.45) is 0 Å². The van der Waals surface area contributed by atoms with Crippen LogP contribution >= 0.6 is 0 Å². The molecule has 10 nitrogen and oxygen atoms in total. The fourth-order valence-electron chi connectivity index (χ4n) is 3.82. The van der Waals surface area contributed by atoms with Crippen molar-refractivity contribution in [3.8, 4) is 17.2 Å². The van der Waals surface area contributed by atoms with Gasteiger partial charge in [0.25, 0.3) is 0 Å². The van der Waals surface area contributed by atoms with E-state index in [1.165, 1.54) is 11.0 Å². The summed E-state index contributed by atoms with van der Waals surface area (Å²) in [6.07, 6.45) is 1.76. The molecule has 0 aromatic heterocycles.